The third kappa shape index (κ3) is 3.79. The summed E-state index contributed by atoms with van der Waals surface area (Å²) in [4.78, 5) is 1.50. The summed E-state index contributed by atoms with van der Waals surface area (Å²) in [6, 6.07) is 9.60. The van der Waals surface area contributed by atoms with Crippen molar-refractivity contribution >= 4 is 11.8 Å². The molecule has 0 radical (unpaired) electrons. The molecule has 0 amide bonds. The van der Waals surface area contributed by atoms with Gasteiger partial charge in [-0.05, 0) is 31.0 Å². The fourth-order valence-corrected chi connectivity index (χ4v) is 4.68. The van der Waals surface area contributed by atoms with Crippen molar-refractivity contribution in [2.45, 2.75) is 62.8 Å². The number of rotatable bonds is 8. The SMILES string of the molecule is CCCCC(CC)CC(NC)C1CSc2ccccc21. The van der Waals surface area contributed by atoms with E-state index in [1.54, 1.807) is 5.56 Å². The van der Waals surface area contributed by atoms with Gasteiger partial charge in [0.25, 0.3) is 0 Å². The molecule has 1 nitrogen and oxygen atoms in total. The van der Waals surface area contributed by atoms with Gasteiger partial charge in [-0.2, -0.15) is 0 Å². The number of likely N-dealkylation sites (N-methyl/N-ethyl adjacent to an activating group) is 1. The van der Waals surface area contributed by atoms with Crippen LogP contribution in [0.25, 0.3) is 0 Å². The molecule has 1 aromatic carbocycles. The number of nitrogens with one attached hydrogen (secondary N) is 1. The van der Waals surface area contributed by atoms with Crippen molar-refractivity contribution in [3.05, 3.63) is 29.8 Å². The number of unbranched alkanes of at least 4 members (excludes halogenated alkanes) is 1. The summed E-state index contributed by atoms with van der Waals surface area (Å²) in [5.41, 5.74) is 1.57. The third-order valence-corrected chi connectivity index (χ3v) is 5.93. The quantitative estimate of drug-likeness (QED) is 0.717. The van der Waals surface area contributed by atoms with Gasteiger partial charge in [0.2, 0.25) is 0 Å². The molecule has 3 atom stereocenters. The number of fused-ring (bicyclic) bond motifs is 1. The zero-order valence-corrected chi connectivity index (χ0v) is 14.0. The van der Waals surface area contributed by atoms with E-state index in [-0.39, 0.29) is 0 Å². The van der Waals surface area contributed by atoms with E-state index in [0.717, 1.165) is 5.92 Å². The summed E-state index contributed by atoms with van der Waals surface area (Å²) in [6.45, 7) is 4.65. The topological polar surface area (TPSA) is 12.0 Å². The van der Waals surface area contributed by atoms with Crippen LogP contribution in [0, 0.1) is 5.92 Å². The fourth-order valence-electron chi connectivity index (χ4n) is 3.34. The normalized spacial score (nSPS) is 20.6. The van der Waals surface area contributed by atoms with E-state index in [4.69, 9.17) is 0 Å². The first kappa shape index (κ1) is 15.9. The van der Waals surface area contributed by atoms with Gasteiger partial charge < -0.3 is 5.32 Å². The molecule has 1 aromatic rings. The minimum atomic E-state index is 0.632. The van der Waals surface area contributed by atoms with E-state index in [2.05, 4.69) is 50.5 Å². The molecule has 3 unspecified atom stereocenters. The second-order valence-corrected chi connectivity index (χ2v) is 7.06. The molecular formula is C18H29NS. The first-order valence-corrected chi connectivity index (χ1v) is 9.17. The first-order chi connectivity index (χ1) is 9.80. The highest BCUT2D eigenvalue weighted by molar-refractivity contribution is 7.99. The van der Waals surface area contributed by atoms with Gasteiger partial charge in [0.15, 0.2) is 0 Å². The fraction of sp³-hybridized carbons (Fsp3) is 0.667. The van der Waals surface area contributed by atoms with Crippen LogP contribution in [0.4, 0.5) is 0 Å². The van der Waals surface area contributed by atoms with E-state index in [9.17, 15) is 0 Å². The summed E-state index contributed by atoms with van der Waals surface area (Å²) in [5.74, 6) is 2.82. The lowest BCUT2D eigenvalue weighted by Crippen LogP contribution is -2.34. The third-order valence-electron chi connectivity index (χ3n) is 4.72. The molecule has 1 aliphatic heterocycles. The molecule has 1 aliphatic rings. The van der Waals surface area contributed by atoms with E-state index in [1.807, 2.05) is 11.8 Å². The number of hydrogen-bond acceptors (Lipinski definition) is 2. The van der Waals surface area contributed by atoms with Gasteiger partial charge >= 0.3 is 0 Å². The van der Waals surface area contributed by atoms with Crippen LogP contribution >= 0.6 is 11.8 Å². The Morgan fingerprint density at radius 2 is 2.10 bits per heavy atom. The number of hydrogen-bond donors (Lipinski definition) is 1. The molecule has 0 aliphatic carbocycles. The maximum Gasteiger partial charge on any atom is 0.0144 e. The van der Waals surface area contributed by atoms with Crippen LogP contribution in [-0.2, 0) is 0 Å². The second kappa shape index (κ2) is 8.09. The zero-order chi connectivity index (χ0) is 14.4. The van der Waals surface area contributed by atoms with Crippen molar-refractivity contribution in [1.82, 2.24) is 5.32 Å². The number of thioether (sulfide) groups is 1. The van der Waals surface area contributed by atoms with E-state index in [1.165, 1.54) is 42.8 Å². The average molecular weight is 292 g/mol. The zero-order valence-electron chi connectivity index (χ0n) is 13.2. The molecule has 2 rings (SSSR count). The largest absolute Gasteiger partial charge is 0.316 e. The monoisotopic (exact) mass is 291 g/mol. The highest BCUT2D eigenvalue weighted by Gasteiger charge is 2.30. The van der Waals surface area contributed by atoms with Gasteiger partial charge in [-0.15, -0.1) is 11.8 Å². The Hall–Kier alpha value is -0.470. The Morgan fingerprint density at radius 1 is 1.30 bits per heavy atom. The smallest absolute Gasteiger partial charge is 0.0144 e. The van der Waals surface area contributed by atoms with Crippen molar-refractivity contribution in [1.29, 1.82) is 0 Å². The first-order valence-electron chi connectivity index (χ1n) is 8.19. The number of benzene rings is 1. The lowest BCUT2D eigenvalue weighted by Gasteiger charge is -2.27. The van der Waals surface area contributed by atoms with Crippen molar-refractivity contribution in [3.8, 4) is 0 Å². The Morgan fingerprint density at radius 3 is 2.80 bits per heavy atom. The summed E-state index contributed by atoms with van der Waals surface area (Å²) in [7, 11) is 2.14. The summed E-state index contributed by atoms with van der Waals surface area (Å²) >= 11 is 2.03. The lowest BCUT2D eigenvalue weighted by atomic mass is 9.84. The Kier molecular flexibility index (Phi) is 6.44. The van der Waals surface area contributed by atoms with Gasteiger partial charge in [-0.1, -0.05) is 57.7 Å². The van der Waals surface area contributed by atoms with Crippen molar-refractivity contribution in [2.24, 2.45) is 5.92 Å². The van der Waals surface area contributed by atoms with Crippen LogP contribution in [-0.4, -0.2) is 18.8 Å². The van der Waals surface area contributed by atoms with Crippen LogP contribution < -0.4 is 5.32 Å². The van der Waals surface area contributed by atoms with Gasteiger partial charge in [-0.25, -0.2) is 0 Å². The average Bonchev–Trinajstić information content (AvgIpc) is 2.92. The highest BCUT2D eigenvalue weighted by atomic mass is 32.2. The molecular weight excluding hydrogens is 262 g/mol. The second-order valence-electron chi connectivity index (χ2n) is 6.00. The van der Waals surface area contributed by atoms with Gasteiger partial charge in [0, 0.05) is 22.6 Å². The molecule has 1 heterocycles. The molecule has 2 heteroatoms. The van der Waals surface area contributed by atoms with E-state index >= 15 is 0 Å². The molecule has 20 heavy (non-hydrogen) atoms. The van der Waals surface area contributed by atoms with Crippen LogP contribution in [0.1, 0.15) is 57.4 Å². The Balaban J connectivity index is 2.02. The van der Waals surface area contributed by atoms with Crippen LogP contribution in [0.2, 0.25) is 0 Å². The van der Waals surface area contributed by atoms with Crippen LogP contribution in [0.15, 0.2) is 29.2 Å². The molecule has 0 saturated carbocycles. The minimum absolute atomic E-state index is 0.632. The predicted octanol–water partition coefficient (Wildman–Crippen LogP) is 5.07. The maximum absolute atomic E-state index is 3.61. The highest BCUT2D eigenvalue weighted by Crippen LogP contribution is 2.42. The van der Waals surface area contributed by atoms with Gasteiger partial charge in [-0.3, -0.25) is 0 Å². The Labute approximate surface area is 128 Å². The van der Waals surface area contributed by atoms with Crippen molar-refractivity contribution < 1.29 is 0 Å². The summed E-state index contributed by atoms with van der Waals surface area (Å²) in [5, 5.41) is 3.61. The standard InChI is InChI=1S/C18H29NS/c1-4-6-9-14(5-2)12-17(19-3)16-13-20-18-11-8-7-10-15(16)18/h7-8,10-11,14,16-17,19H,4-6,9,12-13H2,1-3H3. The molecule has 112 valence electrons. The van der Waals surface area contributed by atoms with Crippen LogP contribution in [0.5, 0.6) is 0 Å². The van der Waals surface area contributed by atoms with Crippen molar-refractivity contribution in [2.75, 3.05) is 12.8 Å². The molecule has 0 saturated heterocycles. The molecule has 0 bridgehead atoms. The molecule has 1 N–H and O–H groups in total. The summed E-state index contributed by atoms with van der Waals surface area (Å²) < 4.78 is 0. The van der Waals surface area contributed by atoms with Gasteiger partial charge in [0.05, 0.1) is 0 Å². The van der Waals surface area contributed by atoms with Crippen molar-refractivity contribution in [3.63, 3.8) is 0 Å². The van der Waals surface area contributed by atoms with E-state index < -0.39 is 0 Å². The maximum atomic E-state index is 3.61. The van der Waals surface area contributed by atoms with E-state index in [0.29, 0.717) is 12.0 Å². The lowest BCUT2D eigenvalue weighted by molar-refractivity contribution is 0.337. The Bertz CT molecular complexity index is 404. The molecule has 0 aromatic heterocycles. The predicted molar refractivity (Wildman–Crippen MR) is 90.7 cm³/mol. The summed E-state index contributed by atoms with van der Waals surface area (Å²) in [6.07, 6.45) is 6.74. The minimum Gasteiger partial charge on any atom is -0.316 e. The molecule has 0 spiro atoms. The molecule has 0 fully saturated rings. The van der Waals surface area contributed by atoms with Gasteiger partial charge in [0.1, 0.15) is 0 Å². The van der Waals surface area contributed by atoms with Crippen LogP contribution in [0.3, 0.4) is 0 Å².